The summed E-state index contributed by atoms with van der Waals surface area (Å²) < 4.78 is 5.43. The third kappa shape index (κ3) is 3.48. The molecule has 3 rings (SSSR count). The second kappa shape index (κ2) is 6.94. The molecule has 0 unspecified atom stereocenters. The lowest BCUT2D eigenvalue weighted by Crippen LogP contribution is -2.19. The first-order chi connectivity index (χ1) is 10.8. The average molecular weight is 316 g/mol. The summed E-state index contributed by atoms with van der Waals surface area (Å²) in [5.74, 6) is 0. The third-order valence-corrected chi connectivity index (χ3v) is 4.73. The number of thiophene rings is 1. The molecule has 2 N–H and O–H groups in total. The smallest absolute Gasteiger partial charge is 0.324 e. The van der Waals surface area contributed by atoms with Crippen LogP contribution in [0, 0.1) is 0 Å². The second-order valence-electron chi connectivity index (χ2n) is 5.35. The average Bonchev–Trinajstić information content (AvgIpc) is 2.91. The van der Waals surface area contributed by atoms with E-state index < -0.39 is 0 Å². The Morgan fingerprint density at radius 1 is 1.32 bits per heavy atom. The fraction of sp³-hybridized carbons (Fsp3) is 0.353. The van der Waals surface area contributed by atoms with Crippen LogP contribution >= 0.6 is 11.3 Å². The topological polar surface area (TPSA) is 50.4 Å². The van der Waals surface area contributed by atoms with Crippen molar-refractivity contribution < 1.29 is 9.53 Å². The number of para-hydroxylation sites is 1. The van der Waals surface area contributed by atoms with E-state index in [4.69, 9.17) is 4.74 Å². The van der Waals surface area contributed by atoms with E-state index in [1.165, 1.54) is 16.0 Å². The predicted octanol–water partition coefficient (Wildman–Crippen LogP) is 4.42. The molecule has 1 aliphatic rings. The zero-order valence-corrected chi connectivity index (χ0v) is 13.5. The van der Waals surface area contributed by atoms with E-state index in [9.17, 15) is 4.79 Å². The maximum absolute atomic E-state index is 12.2. The second-order valence-corrected chi connectivity index (χ2v) is 6.48. The molecule has 0 bridgehead atoms. The Morgan fingerprint density at radius 3 is 3.00 bits per heavy atom. The quantitative estimate of drug-likeness (QED) is 0.877. The Morgan fingerprint density at radius 2 is 2.18 bits per heavy atom. The van der Waals surface area contributed by atoms with Gasteiger partial charge in [-0.15, -0.1) is 11.3 Å². The third-order valence-electron chi connectivity index (χ3n) is 3.67. The highest BCUT2D eigenvalue weighted by Gasteiger charge is 2.15. The van der Waals surface area contributed by atoms with Gasteiger partial charge in [-0.25, -0.2) is 4.79 Å². The summed E-state index contributed by atoms with van der Waals surface area (Å²) in [6, 6.07) is 9.80. The standard InChI is InChI=1S/C17H20N2O2S/c1-2-5-12-6-3-4-7-14(12)18-17(20)19-16-10-13-8-9-21-11-15(13)22-16/h3-4,6-7,10H,2,5,8-9,11H2,1H3,(H2,18,19,20). The van der Waals surface area contributed by atoms with Crippen molar-refractivity contribution in [1.29, 1.82) is 0 Å². The van der Waals surface area contributed by atoms with Crippen LogP contribution in [-0.2, 0) is 24.2 Å². The normalized spacial score (nSPS) is 13.5. The number of anilines is 2. The molecule has 2 heterocycles. The Hall–Kier alpha value is -1.85. The summed E-state index contributed by atoms with van der Waals surface area (Å²) >= 11 is 1.59. The molecule has 2 aromatic rings. The lowest BCUT2D eigenvalue weighted by Gasteiger charge is -2.10. The maximum atomic E-state index is 12.2. The van der Waals surface area contributed by atoms with Crippen LogP contribution < -0.4 is 10.6 Å². The van der Waals surface area contributed by atoms with E-state index in [1.807, 2.05) is 18.2 Å². The fourth-order valence-electron chi connectivity index (χ4n) is 2.60. The number of urea groups is 1. The van der Waals surface area contributed by atoms with E-state index in [2.05, 4.69) is 29.7 Å². The first-order valence-electron chi connectivity index (χ1n) is 7.61. The molecule has 116 valence electrons. The van der Waals surface area contributed by atoms with Crippen molar-refractivity contribution >= 4 is 28.1 Å². The van der Waals surface area contributed by atoms with Gasteiger partial charge in [0.1, 0.15) is 0 Å². The van der Waals surface area contributed by atoms with E-state index in [0.29, 0.717) is 6.61 Å². The Balaban J connectivity index is 1.66. The molecule has 5 heteroatoms. The summed E-state index contributed by atoms with van der Waals surface area (Å²) in [4.78, 5) is 13.4. The number of fused-ring (bicyclic) bond motifs is 1. The number of amides is 2. The van der Waals surface area contributed by atoms with Gasteiger partial charge in [0.2, 0.25) is 0 Å². The molecular weight excluding hydrogens is 296 g/mol. The van der Waals surface area contributed by atoms with Crippen molar-refractivity contribution in [2.45, 2.75) is 32.8 Å². The first kappa shape index (κ1) is 15.1. The van der Waals surface area contributed by atoms with Gasteiger partial charge in [0.05, 0.1) is 18.2 Å². The monoisotopic (exact) mass is 316 g/mol. The van der Waals surface area contributed by atoms with Gasteiger partial charge in [0.25, 0.3) is 0 Å². The number of aryl methyl sites for hydroxylation is 1. The highest BCUT2D eigenvalue weighted by molar-refractivity contribution is 7.16. The highest BCUT2D eigenvalue weighted by Crippen LogP contribution is 2.30. The van der Waals surface area contributed by atoms with E-state index in [0.717, 1.165) is 36.6 Å². The molecule has 0 radical (unpaired) electrons. The maximum Gasteiger partial charge on any atom is 0.324 e. The minimum Gasteiger partial charge on any atom is -0.376 e. The number of rotatable bonds is 4. The molecule has 0 aliphatic carbocycles. The van der Waals surface area contributed by atoms with Crippen LogP contribution in [0.5, 0.6) is 0 Å². The van der Waals surface area contributed by atoms with Crippen molar-refractivity contribution in [2.75, 3.05) is 17.2 Å². The first-order valence-corrected chi connectivity index (χ1v) is 8.43. The van der Waals surface area contributed by atoms with Crippen molar-refractivity contribution in [1.82, 2.24) is 0 Å². The highest BCUT2D eigenvalue weighted by atomic mass is 32.1. The van der Waals surface area contributed by atoms with Gasteiger partial charge < -0.3 is 10.1 Å². The van der Waals surface area contributed by atoms with Crippen molar-refractivity contribution in [3.63, 3.8) is 0 Å². The van der Waals surface area contributed by atoms with E-state index >= 15 is 0 Å². The van der Waals surface area contributed by atoms with Crippen LogP contribution in [0.1, 0.15) is 29.3 Å². The van der Waals surface area contributed by atoms with Gasteiger partial charge in [-0.1, -0.05) is 31.5 Å². The largest absolute Gasteiger partial charge is 0.376 e. The Labute approximate surface area is 134 Å². The van der Waals surface area contributed by atoms with Gasteiger partial charge in [0.15, 0.2) is 0 Å². The molecule has 4 nitrogen and oxygen atoms in total. The molecule has 1 aromatic heterocycles. The summed E-state index contributed by atoms with van der Waals surface area (Å²) in [5, 5.41) is 6.76. The molecule has 2 amide bonds. The number of nitrogens with one attached hydrogen (secondary N) is 2. The van der Waals surface area contributed by atoms with Crippen LogP contribution in [0.15, 0.2) is 30.3 Å². The fourth-order valence-corrected chi connectivity index (χ4v) is 3.65. The van der Waals surface area contributed by atoms with Gasteiger partial charge in [-0.2, -0.15) is 0 Å². The van der Waals surface area contributed by atoms with E-state index in [1.54, 1.807) is 11.3 Å². The molecule has 22 heavy (non-hydrogen) atoms. The zero-order valence-electron chi connectivity index (χ0n) is 12.6. The molecule has 0 fully saturated rings. The molecular formula is C17H20N2O2S. The SMILES string of the molecule is CCCc1ccccc1NC(=O)Nc1cc2c(s1)COCC2. The van der Waals surface area contributed by atoms with Crippen molar-refractivity contribution in [3.05, 3.63) is 46.3 Å². The molecule has 1 aliphatic heterocycles. The molecule has 1 aromatic carbocycles. The number of carbonyl (C=O) groups excluding carboxylic acids is 1. The van der Waals surface area contributed by atoms with Crippen LogP contribution in [0.4, 0.5) is 15.5 Å². The molecule has 0 spiro atoms. The lowest BCUT2D eigenvalue weighted by molar-refractivity contribution is 0.113. The molecule has 0 saturated carbocycles. The van der Waals surface area contributed by atoms with E-state index in [-0.39, 0.29) is 6.03 Å². The Bertz CT molecular complexity index is 643. The summed E-state index contributed by atoms with van der Waals surface area (Å²) in [7, 11) is 0. The summed E-state index contributed by atoms with van der Waals surface area (Å²) in [6.07, 6.45) is 2.94. The number of hydrogen-bond acceptors (Lipinski definition) is 3. The summed E-state index contributed by atoms with van der Waals surface area (Å²) in [6.45, 7) is 3.55. The minimum atomic E-state index is -0.192. The van der Waals surface area contributed by atoms with Gasteiger partial charge in [0, 0.05) is 10.6 Å². The molecule has 0 atom stereocenters. The zero-order chi connectivity index (χ0) is 15.4. The molecule has 0 saturated heterocycles. The van der Waals surface area contributed by atoms with Crippen molar-refractivity contribution in [3.8, 4) is 0 Å². The van der Waals surface area contributed by atoms with Crippen LogP contribution in [0.2, 0.25) is 0 Å². The number of ether oxygens (including phenoxy) is 1. The number of benzene rings is 1. The van der Waals surface area contributed by atoms with Gasteiger partial charge in [-0.3, -0.25) is 5.32 Å². The number of hydrogen-bond donors (Lipinski definition) is 2. The Kier molecular flexibility index (Phi) is 4.75. The van der Waals surface area contributed by atoms with Gasteiger partial charge >= 0.3 is 6.03 Å². The van der Waals surface area contributed by atoms with Crippen LogP contribution in [0.25, 0.3) is 0 Å². The summed E-state index contributed by atoms with van der Waals surface area (Å²) in [5.41, 5.74) is 3.34. The van der Waals surface area contributed by atoms with Crippen LogP contribution in [-0.4, -0.2) is 12.6 Å². The van der Waals surface area contributed by atoms with Crippen molar-refractivity contribution in [2.24, 2.45) is 0 Å². The van der Waals surface area contributed by atoms with Crippen LogP contribution in [0.3, 0.4) is 0 Å². The predicted molar refractivity (Wildman–Crippen MR) is 90.8 cm³/mol. The minimum absolute atomic E-state index is 0.192. The number of carbonyl (C=O) groups is 1. The lowest BCUT2D eigenvalue weighted by atomic mass is 10.1. The van der Waals surface area contributed by atoms with Gasteiger partial charge in [-0.05, 0) is 36.1 Å².